The number of amides is 1. The Labute approximate surface area is 111 Å². The molecule has 0 fully saturated rings. The summed E-state index contributed by atoms with van der Waals surface area (Å²) in [4.78, 5) is 24.3. The van der Waals surface area contributed by atoms with Crippen LogP contribution in [0.2, 0.25) is 0 Å². The molecule has 0 aliphatic carbocycles. The van der Waals surface area contributed by atoms with Crippen LogP contribution in [0.4, 0.5) is 5.82 Å². The number of nitrogens with one attached hydrogen (secondary N) is 2. The van der Waals surface area contributed by atoms with Gasteiger partial charge in [-0.1, -0.05) is 6.07 Å². The molecule has 2 aromatic rings. The molecule has 0 radical (unpaired) electrons. The summed E-state index contributed by atoms with van der Waals surface area (Å²) < 4.78 is 0. The van der Waals surface area contributed by atoms with Crippen LogP contribution in [0.25, 0.3) is 0 Å². The molecule has 98 valence electrons. The van der Waals surface area contributed by atoms with Crippen LogP contribution in [-0.2, 0) is 6.54 Å². The van der Waals surface area contributed by atoms with E-state index in [1.807, 2.05) is 6.92 Å². The van der Waals surface area contributed by atoms with Gasteiger partial charge in [-0.05, 0) is 25.1 Å². The van der Waals surface area contributed by atoms with Crippen molar-refractivity contribution < 1.29 is 4.79 Å². The Kier molecular flexibility index (Phi) is 4.02. The molecule has 0 unspecified atom stereocenters. The number of aromatic nitrogens is 3. The van der Waals surface area contributed by atoms with Crippen LogP contribution >= 0.6 is 0 Å². The predicted octanol–water partition coefficient (Wildman–Crippen LogP) is 1.15. The Balaban J connectivity index is 2.01. The van der Waals surface area contributed by atoms with E-state index >= 15 is 0 Å². The van der Waals surface area contributed by atoms with Crippen molar-refractivity contribution in [3.05, 3.63) is 47.7 Å². The quantitative estimate of drug-likeness (QED) is 0.859. The number of pyridine rings is 1. The summed E-state index contributed by atoms with van der Waals surface area (Å²) in [7, 11) is 1.76. The van der Waals surface area contributed by atoms with Crippen molar-refractivity contribution in [3.8, 4) is 0 Å². The van der Waals surface area contributed by atoms with Gasteiger partial charge in [-0.25, -0.2) is 15.0 Å². The van der Waals surface area contributed by atoms with Crippen molar-refractivity contribution in [2.45, 2.75) is 13.5 Å². The van der Waals surface area contributed by atoms with Crippen LogP contribution in [0.1, 0.15) is 22.0 Å². The van der Waals surface area contributed by atoms with Gasteiger partial charge in [-0.15, -0.1) is 0 Å². The third-order valence-electron chi connectivity index (χ3n) is 2.50. The maximum absolute atomic E-state index is 11.9. The van der Waals surface area contributed by atoms with Gasteiger partial charge in [0.05, 0.1) is 12.2 Å². The first-order valence-corrected chi connectivity index (χ1v) is 5.90. The largest absolute Gasteiger partial charge is 0.373 e. The maximum Gasteiger partial charge on any atom is 0.270 e. The summed E-state index contributed by atoms with van der Waals surface area (Å²) >= 11 is 0. The Bertz CT molecular complexity index is 585. The molecular formula is C13H15N5O. The lowest BCUT2D eigenvalue weighted by Crippen LogP contribution is -2.24. The van der Waals surface area contributed by atoms with E-state index in [1.165, 1.54) is 0 Å². The highest BCUT2D eigenvalue weighted by Gasteiger charge is 2.07. The number of nitrogens with zero attached hydrogens (tertiary/aromatic N) is 3. The van der Waals surface area contributed by atoms with Crippen LogP contribution in [0.3, 0.4) is 0 Å². The molecule has 0 saturated heterocycles. The van der Waals surface area contributed by atoms with Crippen molar-refractivity contribution in [1.29, 1.82) is 0 Å². The fourth-order valence-electron chi connectivity index (χ4n) is 1.57. The highest BCUT2D eigenvalue weighted by atomic mass is 16.1. The summed E-state index contributed by atoms with van der Waals surface area (Å²) in [5.41, 5.74) is 1.14. The smallest absolute Gasteiger partial charge is 0.270 e. The highest BCUT2D eigenvalue weighted by Crippen LogP contribution is 2.04. The molecule has 2 N–H and O–H groups in total. The molecule has 6 heteroatoms. The summed E-state index contributed by atoms with van der Waals surface area (Å²) in [6, 6.07) is 7.01. The van der Waals surface area contributed by atoms with Crippen LogP contribution < -0.4 is 10.6 Å². The number of carbonyl (C=O) groups excluding carboxylic acids is 1. The Morgan fingerprint density at radius 1 is 1.26 bits per heavy atom. The van der Waals surface area contributed by atoms with E-state index in [-0.39, 0.29) is 5.91 Å². The Morgan fingerprint density at radius 2 is 2.11 bits per heavy atom. The minimum Gasteiger partial charge on any atom is -0.373 e. The molecule has 19 heavy (non-hydrogen) atoms. The van der Waals surface area contributed by atoms with Crippen molar-refractivity contribution in [3.63, 3.8) is 0 Å². The third-order valence-corrected chi connectivity index (χ3v) is 2.50. The van der Waals surface area contributed by atoms with Crippen LogP contribution in [-0.4, -0.2) is 27.9 Å². The normalized spacial score (nSPS) is 10.0. The molecule has 0 aliphatic rings. The summed E-state index contributed by atoms with van der Waals surface area (Å²) in [6.45, 7) is 2.16. The van der Waals surface area contributed by atoms with Crippen molar-refractivity contribution in [2.24, 2.45) is 0 Å². The molecule has 6 nitrogen and oxygen atoms in total. The lowest BCUT2D eigenvalue weighted by Gasteiger charge is -2.06. The topological polar surface area (TPSA) is 79.8 Å². The predicted molar refractivity (Wildman–Crippen MR) is 71.7 cm³/mol. The third kappa shape index (κ3) is 3.48. The standard InChI is InChI=1S/C13H15N5O/c1-9-15-7-6-10(17-9)8-16-13(19)11-4-3-5-12(14-2)18-11/h3-7H,8H2,1-2H3,(H,14,18)(H,16,19). The van der Waals surface area contributed by atoms with Crippen LogP contribution in [0.15, 0.2) is 30.5 Å². The van der Waals surface area contributed by atoms with Gasteiger partial charge in [0.25, 0.3) is 5.91 Å². The van der Waals surface area contributed by atoms with Gasteiger partial charge in [0, 0.05) is 13.2 Å². The van der Waals surface area contributed by atoms with E-state index in [9.17, 15) is 4.79 Å². The molecule has 0 bridgehead atoms. The highest BCUT2D eigenvalue weighted by molar-refractivity contribution is 5.92. The zero-order chi connectivity index (χ0) is 13.7. The fourth-order valence-corrected chi connectivity index (χ4v) is 1.57. The fraction of sp³-hybridized carbons (Fsp3) is 0.231. The minimum atomic E-state index is -0.228. The maximum atomic E-state index is 11.9. The first kappa shape index (κ1) is 12.9. The molecule has 0 atom stereocenters. The number of hydrogen-bond donors (Lipinski definition) is 2. The van der Waals surface area contributed by atoms with E-state index in [1.54, 1.807) is 37.5 Å². The summed E-state index contributed by atoms with van der Waals surface area (Å²) in [5.74, 6) is 1.11. The van der Waals surface area contributed by atoms with Crippen molar-refractivity contribution in [2.75, 3.05) is 12.4 Å². The average Bonchev–Trinajstić information content (AvgIpc) is 2.45. The summed E-state index contributed by atoms with van der Waals surface area (Å²) in [6.07, 6.45) is 1.67. The molecule has 2 aromatic heterocycles. The number of aryl methyl sites for hydroxylation is 1. The van der Waals surface area contributed by atoms with Gasteiger partial charge in [0.1, 0.15) is 17.3 Å². The zero-order valence-corrected chi connectivity index (χ0v) is 10.8. The van der Waals surface area contributed by atoms with Crippen molar-refractivity contribution in [1.82, 2.24) is 20.3 Å². The van der Waals surface area contributed by atoms with Gasteiger partial charge in [0.2, 0.25) is 0 Å². The SMILES string of the molecule is CNc1cccc(C(=O)NCc2ccnc(C)n2)n1. The van der Waals surface area contributed by atoms with Crippen LogP contribution in [0, 0.1) is 6.92 Å². The summed E-state index contributed by atoms with van der Waals surface area (Å²) in [5, 5.41) is 5.67. The Morgan fingerprint density at radius 3 is 2.84 bits per heavy atom. The molecule has 0 spiro atoms. The first-order valence-electron chi connectivity index (χ1n) is 5.90. The first-order chi connectivity index (χ1) is 9.19. The minimum absolute atomic E-state index is 0.228. The lowest BCUT2D eigenvalue weighted by atomic mass is 10.3. The molecular weight excluding hydrogens is 242 g/mol. The number of rotatable bonds is 4. The van der Waals surface area contributed by atoms with Gasteiger partial charge >= 0.3 is 0 Å². The second-order valence-electron chi connectivity index (χ2n) is 3.94. The van der Waals surface area contributed by atoms with Gasteiger partial charge in [0.15, 0.2) is 0 Å². The van der Waals surface area contributed by atoms with Gasteiger partial charge in [-0.3, -0.25) is 4.79 Å². The lowest BCUT2D eigenvalue weighted by molar-refractivity contribution is 0.0945. The molecule has 0 aliphatic heterocycles. The number of carbonyl (C=O) groups is 1. The molecule has 1 amide bonds. The van der Waals surface area contributed by atoms with Gasteiger partial charge in [-0.2, -0.15) is 0 Å². The zero-order valence-electron chi connectivity index (χ0n) is 10.8. The second kappa shape index (κ2) is 5.90. The van der Waals surface area contributed by atoms with E-state index in [4.69, 9.17) is 0 Å². The second-order valence-corrected chi connectivity index (χ2v) is 3.94. The van der Waals surface area contributed by atoms with E-state index in [0.717, 1.165) is 5.69 Å². The molecule has 2 rings (SSSR count). The van der Waals surface area contributed by atoms with Crippen molar-refractivity contribution >= 4 is 11.7 Å². The van der Waals surface area contributed by atoms with E-state index < -0.39 is 0 Å². The molecule has 0 aromatic carbocycles. The molecule has 2 heterocycles. The monoisotopic (exact) mass is 257 g/mol. The number of anilines is 1. The number of hydrogen-bond acceptors (Lipinski definition) is 5. The van der Waals surface area contributed by atoms with E-state index in [0.29, 0.717) is 23.9 Å². The van der Waals surface area contributed by atoms with Crippen LogP contribution in [0.5, 0.6) is 0 Å². The average molecular weight is 257 g/mol. The van der Waals surface area contributed by atoms with E-state index in [2.05, 4.69) is 25.6 Å². The van der Waals surface area contributed by atoms with Gasteiger partial charge < -0.3 is 10.6 Å². The Hall–Kier alpha value is -2.50. The molecule has 0 saturated carbocycles.